The molecule has 6 heteroatoms. The SMILES string of the molecule is COCCOC(=O)/C=C1\NC(=O)CS1. The van der Waals surface area contributed by atoms with Crippen LogP contribution in [0.25, 0.3) is 0 Å². The number of amides is 1. The van der Waals surface area contributed by atoms with Gasteiger partial charge in [-0.3, -0.25) is 4.79 Å². The Labute approximate surface area is 85.8 Å². The van der Waals surface area contributed by atoms with Gasteiger partial charge in [0.05, 0.1) is 23.5 Å². The number of hydrogen-bond donors (Lipinski definition) is 1. The van der Waals surface area contributed by atoms with Crippen molar-refractivity contribution in [1.29, 1.82) is 0 Å². The first-order valence-corrected chi connectivity index (χ1v) is 5.01. The van der Waals surface area contributed by atoms with E-state index >= 15 is 0 Å². The van der Waals surface area contributed by atoms with Crippen LogP contribution in [-0.4, -0.2) is 38.0 Å². The lowest BCUT2D eigenvalue weighted by Gasteiger charge is -2.00. The first-order valence-electron chi connectivity index (χ1n) is 4.02. The Morgan fingerprint density at radius 2 is 2.43 bits per heavy atom. The third-order valence-corrected chi connectivity index (χ3v) is 2.34. The molecular weight excluding hydrogens is 206 g/mol. The van der Waals surface area contributed by atoms with Gasteiger partial charge in [0, 0.05) is 7.11 Å². The topological polar surface area (TPSA) is 64.6 Å². The molecule has 0 atom stereocenters. The van der Waals surface area contributed by atoms with E-state index in [4.69, 9.17) is 9.47 Å². The lowest BCUT2D eigenvalue weighted by Crippen LogP contribution is -2.15. The molecule has 1 heterocycles. The first kappa shape index (κ1) is 11.1. The molecule has 1 aliphatic rings. The minimum atomic E-state index is -0.466. The van der Waals surface area contributed by atoms with Crippen LogP contribution in [0.2, 0.25) is 0 Å². The van der Waals surface area contributed by atoms with E-state index in [9.17, 15) is 9.59 Å². The molecule has 0 spiro atoms. The van der Waals surface area contributed by atoms with Gasteiger partial charge in [0.2, 0.25) is 5.91 Å². The standard InChI is InChI=1S/C8H11NO4S/c1-12-2-3-13-8(11)4-7-9-6(10)5-14-7/h4H,2-3,5H2,1H3,(H,9,10)/b7-4+. The van der Waals surface area contributed by atoms with Gasteiger partial charge in [0.15, 0.2) is 0 Å². The van der Waals surface area contributed by atoms with Crippen LogP contribution in [-0.2, 0) is 19.1 Å². The van der Waals surface area contributed by atoms with E-state index in [2.05, 4.69) is 5.32 Å². The van der Waals surface area contributed by atoms with Crippen LogP contribution in [0.3, 0.4) is 0 Å². The number of carbonyl (C=O) groups excluding carboxylic acids is 2. The predicted molar refractivity (Wildman–Crippen MR) is 51.5 cm³/mol. The van der Waals surface area contributed by atoms with Gasteiger partial charge in [-0.15, -0.1) is 0 Å². The molecule has 1 saturated heterocycles. The smallest absolute Gasteiger partial charge is 0.333 e. The molecule has 1 N–H and O–H groups in total. The summed E-state index contributed by atoms with van der Waals surface area (Å²) in [5, 5.41) is 3.07. The number of rotatable bonds is 4. The minimum absolute atomic E-state index is 0.0917. The second kappa shape index (κ2) is 5.66. The zero-order valence-electron chi connectivity index (χ0n) is 7.74. The van der Waals surface area contributed by atoms with Crippen LogP contribution < -0.4 is 5.32 Å². The van der Waals surface area contributed by atoms with Crippen molar-refractivity contribution in [2.45, 2.75) is 0 Å². The summed E-state index contributed by atoms with van der Waals surface area (Å²) in [6, 6.07) is 0. The van der Waals surface area contributed by atoms with E-state index in [1.165, 1.54) is 24.9 Å². The highest BCUT2D eigenvalue weighted by atomic mass is 32.2. The summed E-state index contributed by atoms with van der Waals surface area (Å²) in [5.74, 6) is -0.199. The third-order valence-electron chi connectivity index (χ3n) is 1.40. The number of carbonyl (C=O) groups is 2. The van der Waals surface area contributed by atoms with E-state index in [1.807, 2.05) is 0 Å². The fourth-order valence-electron chi connectivity index (χ4n) is 0.805. The minimum Gasteiger partial charge on any atom is -0.460 e. The van der Waals surface area contributed by atoms with Gasteiger partial charge in [-0.05, 0) is 0 Å². The molecule has 1 aliphatic heterocycles. The third kappa shape index (κ3) is 3.80. The first-order chi connectivity index (χ1) is 6.72. The maximum atomic E-state index is 11.1. The van der Waals surface area contributed by atoms with Crippen LogP contribution in [0.1, 0.15) is 0 Å². The van der Waals surface area contributed by atoms with Gasteiger partial charge < -0.3 is 14.8 Å². The molecule has 0 aromatic heterocycles. The highest BCUT2D eigenvalue weighted by molar-refractivity contribution is 8.04. The Bertz CT molecular complexity index is 264. The molecule has 14 heavy (non-hydrogen) atoms. The molecule has 0 bridgehead atoms. The molecule has 1 amide bonds. The monoisotopic (exact) mass is 217 g/mol. The average Bonchev–Trinajstić information content (AvgIpc) is 2.52. The second-order valence-electron chi connectivity index (χ2n) is 2.51. The van der Waals surface area contributed by atoms with Gasteiger partial charge in [0.1, 0.15) is 6.61 Å². The number of methoxy groups -OCH3 is 1. The molecule has 0 aromatic carbocycles. The number of hydrogen-bond acceptors (Lipinski definition) is 5. The summed E-state index contributed by atoms with van der Waals surface area (Å²) in [4.78, 5) is 21.8. The molecular formula is C8H11NO4S. The molecule has 0 aromatic rings. The van der Waals surface area contributed by atoms with Crippen molar-refractivity contribution in [3.05, 3.63) is 11.1 Å². The lowest BCUT2D eigenvalue weighted by molar-refractivity contribution is -0.139. The normalized spacial score (nSPS) is 18.4. The number of nitrogens with one attached hydrogen (secondary N) is 1. The van der Waals surface area contributed by atoms with Crippen molar-refractivity contribution in [2.75, 3.05) is 26.1 Å². The van der Waals surface area contributed by atoms with Crippen LogP contribution in [0.5, 0.6) is 0 Å². The van der Waals surface area contributed by atoms with Crippen molar-refractivity contribution in [2.24, 2.45) is 0 Å². The van der Waals surface area contributed by atoms with Crippen molar-refractivity contribution in [1.82, 2.24) is 5.32 Å². The van der Waals surface area contributed by atoms with E-state index < -0.39 is 5.97 Å². The quantitative estimate of drug-likeness (QED) is 0.404. The summed E-state index contributed by atoms with van der Waals surface area (Å²) in [6.07, 6.45) is 1.27. The molecule has 1 rings (SSSR count). The van der Waals surface area contributed by atoms with Gasteiger partial charge in [-0.2, -0.15) is 0 Å². The van der Waals surface area contributed by atoms with Crippen molar-refractivity contribution < 1.29 is 19.1 Å². The Kier molecular flexibility index (Phi) is 4.48. The number of esters is 1. The highest BCUT2D eigenvalue weighted by Gasteiger charge is 2.16. The number of ether oxygens (including phenoxy) is 2. The average molecular weight is 217 g/mol. The molecule has 0 radical (unpaired) electrons. The highest BCUT2D eigenvalue weighted by Crippen LogP contribution is 2.18. The van der Waals surface area contributed by atoms with Crippen LogP contribution in [0, 0.1) is 0 Å². The Hall–Kier alpha value is -1.01. The Morgan fingerprint density at radius 1 is 1.64 bits per heavy atom. The molecule has 0 aliphatic carbocycles. The van der Waals surface area contributed by atoms with Gasteiger partial charge in [0.25, 0.3) is 0 Å². The van der Waals surface area contributed by atoms with E-state index in [-0.39, 0.29) is 12.5 Å². The molecule has 5 nitrogen and oxygen atoms in total. The van der Waals surface area contributed by atoms with Crippen molar-refractivity contribution in [3.63, 3.8) is 0 Å². The van der Waals surface area contributed by atoms with E-state index in [1.54, 1.807) is 0 Å². The summed E-state index contributed by atoms with van der Waals surface area (Å²) in [7, 11) is 1.53. The zero-order chi connectivity index (χ0) is 10.4. The van der Waals surface area contributed by atoms with Gasteiger partial charge in [-0.25, -0.2) is 4.79 Å². The fraction of sp³-hybridized carbons (Fsp3) is 0.500. The fourth-order valence-corrected chi connectivity index (χ4v) is 1.53. The van der Waals surface area contributed by atoms with E-state index in [0.717, 1.165) is 0 Å². The van der Waals surface area contributed by atoms with Crippen molar-refractivity contribution in [3.8, 4) is 0 Å². The largest absolute Gasteiger partial charge is 0.460 e. The van der Waals surface area contributed by atoms with Crippen molar-refractivity contribution >= 4 is 23.6 Å². The maximum absolute atomic E-state index is 11.1. The van der Waals surface area contributed by atoms with Crippen LogP contribution in [0.4, 0.5) is 0 Å². The van der Waals surface area contributed by atoms with E-state index in [0.29, 0.717) is 17.4 Å². The lowest BCUT2D eigenvalue weighted by atomic mass is 10.6. The summed E-state index contributed by atoms with van der Waals surface area (Å²) in [5.41, 5.74) is 0. The summed E-state index contributed by atoms with van der Waals surface area (Å²) >= 11 is 1.29. The molecule has 0 unspecified atom stereocenters. The summed E-state index contributed by atoms with van der Waals surface area (Å²) < 4.78 is 9.48. The molecule has 0 saturated carbocycles. The number of thioether (sulfide) groups is 1. The second-order valence-corrected chi connectivity index (χ2v) is 3.52. The summed E-state index contributed by atoms with van der Waals surface area (Å²) in [6.45, 7) is 0.589. The van der Waals surface area contributed by atoms with Gasteiger partial charge in [-0.1, -0.05) is 11.8 Å². The molecule has 78 valence electrons. The van der Waals surface area contributed by atoms with Gasteiger partial charge >= 0.3 is 5.97 Å². The Balaban J connectivity index is 2.28. The molecule has 1 fully saturated rings. The van der Waals surface area contributed by atoms with Crippen LogP contribution >= 0.6 is 11.8 Å². The zero-order valence-corrected chi connectivity index (χ0v) is 8.56. The maximum Gasteiger partial charge on any atom is 0.333 e. The Morgan fingerprint density at radius 3 is 3.00 bits per heavy atom. The predicted octanol–water partition coefficient (Wildman–Crippen LogP) is -0.120. The van der Waals surface area contributed by atoms with Crippen LogP contribution in [0.15, 0.2) is 11.1 Å².